The third kappa shape index (κ3) is 1.56. The molecular formula is C11H16N4. The van der Waals surface area contributed by atoms with Crippen molar-refractivity contribution in [2.45, 2.75) is 33.2 Å². The number of aromatic nitrogens is 3. The van der Waals surface area contributed by atoms with Crippen LogP contribution in [0.3, 0.4) is 0 Å². The van der Waals surface area contributed by atoms with Crippen LogP contribution in [0.25, 0.3) is 11.2 Å². The number of nitrogen functional groups attached to an aromatic ring is 1. The van der Waals surface area contributed by atoms with E-state index in [0.717, 1.165) is 23.4 Å². The Balaban J connectivity index is 2.74. The molecule has 0 spiro atoms. The third-order valence-electron chi connectivity index (χ3n) is 2.46. The van der Waals surface area contributed by atoms with Gasteiger partial charge in [0.25, 0.3) is 0 Å². The Kier molecular flexibility index (Phi) is 2.34. The summed E-state index contributed by atoms with van der Waals surface area (Å²) in [6, 6.07) is 2.25. The molecule has 0 saturated heterocycles. The monoisotopic (exact) mass is 204 g/mol. The summed E-state index contributed by atoms with van der Waals surface area (Å²) in [5.74, 6) is 1.07. The van der Waals surface area contributed by atoms with E-state index in [-0.39, 0.29) is 0 Å². The van der Waals surface area contributed by atoms with Crippen molar-refractivity contribution in [2.24, 2.45) is 0 Å². The van der Waals surface area contributed by atoms with Crippen LogP contribution in [-0.4, -0.2) is 14.5 Å². The average molecular weight is 204 g/mol. The number of fused-ring (bicyclic) bond motifs is 1. The van der Waals surface area contributed by atoms with Gasteiger partial charge < -0.3 is 10.3 Å². The number of pyridine rings is 1. The first-order valence-electron chi connectivity index (χ1n) is 5.25. The molecule has 0 fully saturated rings. The second kappa shape index (κ2) is 3.53. The molecule has 0 radical (unpaired) electrons. The third-order valence-corrected chi connectivity index (χ3v) is 2.46. The van der Waals surface area contributed by atoms with Crippen LogP contribution < -0.4 is 5.73 Å². The summed E-state index contributed by atoms with van der Waals surface area (Å²) < 4.78 is 2.16. The number of anilines is 1. The van der Waals surface area contributed by atoms with E-state index in [0.29, 0.717) is 11.7 Å². The van der Waals surface area contributed by atoms with Gasteiger partial charge in [-0.3, -0.25) is 0 Å². The van der Waals surface area contributed by atoms with Crippen LogP contribution in [0.15, 0.2) is 12.3 Å². The predicted molar refractivity (Wildman–Crippen MR) is 61.7 cm³/mol. The SMILES string of the molecule is CCc1nc2cc(N)cnc2n1C(C)C. The molecule has 0 unspecified atom stereocenters. The van der Waals surface area contributed by atoms with Crippen molar-refractivity contribution in [1.29, 1.82) is 0 Å². The first-order valence-corrected chi connectivity index (χ1v) is 5.25. The minimum Gasteiger partial charge on any atom is -0.397 e. The molecule has 2 aromatic rings. The molecule has 2 N–H and O–H groups in total. The van der Waals surface area contributed by atoms with Gasteiger partial charge in [-0.25, -0.2) is 9.97 Å². The maximum atomic E-state index is 5.69. The summed E-state index contributed by atoms with van der Waals surface area (Å²) >= 11 is 0. The van der Waals surface area contributed by atoms with Crippen LogP contribution >= 0.6 is 0 Å². The van der Waals surface area contributed by atoms with E-state index in [9.17, 15) is 0 Å². The molecule has 4 heteroatoms. The van der Waals surface area contributed by atoms with Gasteiger partial charge in [0.1, 0.15) is 11.3 Å². The Hall–Kier alpha value is -1.58. The second-order valence-electron chi connectivity index (χ2n) is 3.96. The zero-order chi connectivity index (χ0) is 11.0. The van der Waals surface area contributed by atoms with Crippen molar-refractivity contribution in [3.05, 3.63) is 18.1 Å². The Labute approximate surface area is 89.1 Å². The number of aryl methyl sites for hydroxylation is 1. The lowest BCUT2D eigenvalue weighted by Gasteiger charge is -2.10. The van der Waals surface area contributed by atoms with Gasteiger partial charge in [0.2, 0.25) is 0 Å². The Morgan fingerprint density at radius 1 is 1.47 bits per heavy atom. The molecule has 0 amide bonds. The first-order chi connectivity index (χ1) is 7.13. The maximum Gasteiger partial charge on any atom is 0.160 e. The molecule has 80 valence electrons. The molecule has 0 aliphatic heterocycles. The van der Waals surface area contributed by atoms with Gasteiger partial charge >= 0.3 is 0 Å². The fourth-order valence-corrected chi connectivity index (χ4v) is 1.84. The van der Waals surface area contributed by atoms with E-state index in [2.05, 4.69) is 35.3 Å². The van der Waals surface area contributed by atoms with E-state index in [1.165, 1.54) is 0 Å². The molecule has 2 heterocycles. The number of hydrogen-bond acceptors (Lipinski definition) is 3. The van der Waals surface area contributed by atoms with Crippen LogP contribution in [0.5, 0.6) is 0 Å². The lowest BCUT2D eigenvalue weighted by atomic mass is 10.3. The van der Waals surface area contributed by atoms with Gasteiger partial charge in [0, 0.05) is 12.5 Å². The highest BCUT2D eigenvalue weighted by molar-refractivity contribution is 5.75. The normalized spacial score (nSPS) is 11.5. The summed E-state index contributed by atoms with van der Waals surface area (Å²) in [6.45, 7) is 6.38. The molecule has 0 aliphatic carbocycles. The van der Waals surface area contributed by atoms with E-state index in [4.69, 9.17) is 5.73 Å². The largest absolute Gasteiger partial charge is 0.397 e. The highest BCUT2D eigenvalue weighted by Crippen LogP contribution is 2.20. The number of nitrogens with zero attached hydrogens (tertiary/aromatic N) is 3. The number of imidazole rings is 1. The molecule has 2 rings (SSSR count). The molecule has 4 nitrogen and oxygen atoms in total. The molecular weight excluding hydrogens is 188 g/mol. The molecule has 0 atom stereocenters. The van der Waals surface area contributed by atoms with E-state index < -0.39 is 0 Å². The van der Waals surface area contributed by atoms with Gasteiger partial charge in [0.15, 0.2) is 5.65 Å². The highest BCUT2D eigenvalue weighted by Gasteiger charge is 2.12. The summed E-state index contributed by atoms with van der Waals surface area (Å²) in [4.78, 5) is 8.88. The number of rotatable bonds is 2. The summed E-state index contributed by atoms with van der Waals surface area (Å²) in [7, 11) is 0. The molecule has 2 aromatic heterocycles. The van der Waals surface area contributed by atoms with Gasteiger partial charge in [0.05, 0.1) is 11.9 Å². The number of nitrogens with two attached hydrogens (primary N) is 1. The predicted octanol–water partition coefficient (Wildman–Crippen LogP) is 2.16. The highest BCUT2D eigenvalue weighted by atomic mass is 15.1. The van der Waals surface area contributed by atoms with Crippen LogP contribution in [-0.2, 0) is 6.42 Å². The van der Waals surface area contributed by atoms with E-state index in [1.807, 2.05) is 6.07 Å². The second-order valence-corrected chi connectivity index (χ2v) is 3.96. The van der Waals surface area contributed by atoms with Gasteiger partial charge in [-0.05, 0) is 19.9 Å². The lowest BCUT2D eigenvalue weighted by Crippen LogP contribution is -2.06. The van der Waals surface area contributed by atoms with Crippen molar-refractivity contribution in [1.82, 2.24) is 14.5 Å². The lowest BCUT2D eigenvalue weighted by molar-refractivity contribution is 0.584. The molecule has 0 bridgehead atoms. The average Bonchev–Trinajstić information content (AvgIpc) is 2.54. The zero-order valence-electron chi connectivity index (χ0n) is 9.36. The van der Waals surface area contributed by atoms with Gasteiger partial charge in [-0.1, -0.05) is 6.92 Å². The van der Waals surface area contributed by atoms with Crippen molar-refractivity contribution < 1.29 is 0 Å². The van der Waals surface area contributed by atoms with E-state index in [1.54, 1.807) is 6.20 Å². The van der Waals surface area contributed by atoms with E-state index >= 15 is 0 Å². The minimum atomic E-state index is 0.376. The van der Waals surface area contributed by atoms with Crippen LogP contribution in [0.1, 0.15) is 32.6 Å². The Bertz CT molecular complexity index is 485. The van der Waals surface area contributed by atoms with Crippen molar-refractivity contribution in [3.8, 4) is 0 Å². The number of hydrogen-bond donors (Lipinski definition) is 1. The van der Waals surface area contributed by atoms with Gasteiger partial charge in [-0.15, -0.1) is 0 Å². The minimum absolute atomic E-state index is 0.376. The van der Waals surface area contributed by atoms with Crippen LogP contribution in [0.2, 0.25) is 0 Å². The van der Waals surface area contributed by atoms with Crippen molar-refractivity contribution >= 4 is 16.9 Å². The molecule has 0 aromatic carbocycles. The summed E-state index contributed by atoms with van der Waals surface area (Å²) in [6.07, 6.45) is 2.59. The van der Waals surface area contributed by atoms with Crippen LogP contribution in [0.4, 0.5) is 5.69 Å². The maximum absolute atomic E-state index is 5.69. The van der Waals surface area contributed by atoms with Crippen molar-refractivity contribution in [3.63, 3.8) is 0 Å². The van der Waals surface area contributed by atoms with Crippen molar-refractivity contribution in [2.75, 3.05) is 5.73 Å². The summed E-state index contributed by atoms with van der Waals surface area (Å²) in [5.41, 5.74) is 8.17. The molecule has 0 saturated carbocycles. The molecule has 0 aliphatic rings. The summed E-state index contributed by atoms with van der Waals surface area (Å²) in [5, 5.41) is 0. The zero-order valence-corrected chi connectivity index (χ0v) is 9.36. The van der Waals surface area contributed by atoms with Crippen LogP contribution in [0, 0.1) is 0 Å². The topological polar surface area (TPSA) is 56.7 Å². The smallest absolute Gasteiger partial charge is 0.160 e. The Morgan fingerprint density at radius 3 is 2.80 bits per heavy atom. The first kappa shape index (κ1) is 9.96. The molecule has 15 heavy (non-hydrogen) atoms. The standard InChI is InChI=1S/C11H16N4/c1-4-10-14-9-5-8(12)6-13-11(9)15(10)7(2)3/h5-7H,4,12H2,1-3H3. The fourth-order valence-electron chi connectivity index (χ4n) is 1.84. The Morgan fingerprint density at radius 2 is 2.20 bits per heavy atom. The fraction of sp³-hybridized carbons (Fsp3) is 0.455. The quantitative estimate of drug-likeness (QED) is 0.815. The van der Waals surface area contributed by atoms with Gasteiger partial charge in [-0.2, -0.15) is 0 Å².